The normalized spacial score (nSPS) is 15.5. The number of halogens is 3. The van der Waals surface area contributed by atoms with Gasteiger partial charge in [-0.05, 0) is 46.9 Å². The Labute approximate surface area is 235 Å². The first-order valence-electron chi connectivity index (χ1n) is 12.9. The van der Waals surface area contributed by atoms with E-state index in [2.05, 4.69) is 15.3 Å². The fourth-order valence-corrected chi connectivity index (χ4v) is 5.62. The summed E-state index contributed by atoms with van der Waals surface area (Å²) in [6.45, 7) is 6.11. The van der Waals surface area contributed by atoms with Crippen LogP contribution in [0.2, 0.25) is 0 Å². The van der Waals surface area contributed by atoms with Gasteiger partial charge in [0.05, 0.1) is 10.6 Å². The number of hydrogen-bond donors (Lipinski definition) is 2. The number of rotatable bonds is 8. The number of alkyl halides is 3. The van der Waals surface area contributed by atoms with Crippen LogP contribution in [0.4, 0.5) is 19.1 Å². The molecule has 0 spiro atoms. The number of aromatic carboxylic acids is 1. The van der Waals surface area contributed by atoms with Gasteiger partial charge in [0.1, 0.15) is 5.56 Å². The third-order valence-corrected chi connectivity index (χ3v) is 8.81. The monoisotopic (exact) mass is 590 g/mol. The van der Waals surface area contributed by atoms with Crippen molar-refractivity contribution in [3.05, 3.63) is 82.2 Å². The van der Waals surface area contributed by atoms with Crippen LogP contribution < -0.4 is 10.2 Å². The van der Waals surface area contributed by atoms with E-state index in [0.29, 0.717) is 23.9 Å². The Morgan fingerprint density at radius 2 is 1.83 bits per heavy atom. The predicted octanol–water partition coefficient (Wildman–Crippen LogP) is 4.68. The van der Waals surface area contributed by atoms with E-state index >= 15 is 0 Å². The number of fused-ring (bicyclic) bond motifs is 1. The van der Waals surface area contributed by atoms with Crippen LogP contribution >= 0.6 is 0 Å². The Morgan fingerprint density at radius 1 is 1.15 bits per heavy atom. The molecule has 2 heterocycles. The number of sulfone groups is 1. The molecule has 3 aromatic rings. The molecule has 218 valence electrons. The molecule has 1 atom stereocenters. The van der Waals surface area contributed by atoms with Crippen molar-refractivity contribution in [3.8, 4) is 0 Å². The van der Waals surface area contributed by atoms with E-state index in [-0.39, 0.29) is 47.4 Å². The van der Waals surface area contributed by atoms with E-state index in [1.54, 1.807) is 36.1 Å². The number of anilines is 1. The van der Waals surface area contributed by atoms with Crippen LogP contribution in [0, 0.1) is 5.92 Å². The topological polar surface area (TPSA) is 130 Å². The zero-order valence-corrected chi connectivity index (χ0v) is 23.4. The molecule has 0 bridgehead atoms. The molecule has 2 N–H and O–H groups in total. The van der Waals surface area contributed by atoms with Crippen LogP contribution in [0.3, 0.4) is 0 Å². The summed E-state index contributed by atoms with van der Waals surface area (Å²) in [6, 6.07) is 11.5. The molecule has 0 saturated carbocycles. The number of carboxylic acid groups (broad SMARTS) is 1. The molecule has 0 radical (unpaired) electrons. The third kappa shape index (κ3) is 6.50. The molecular formula is C28H29F3N4O5S. The standard InChI is InChI=1S/C28H29F3N4O5S/c1-4-41(39,40)20-8-5-17(6-9-20)12-32-25(36)18-7-10-21-19(11-18)14-35(15-23(21)16(2)3)27-33-13-22(26(37)38)24(34-27)28(29,30)31/h5-11,13,16,23H,4,12,14-15H2,1-3H3,(H,32,36)(H,37,38)/t23-/m0/s1. The van der Waals surface area contributed by atoms with E-state index in [0.717, 1.165) is 11.1 Å². The van der Waals surface area contributed by atoms with Crippen LogP contribution in [-0.4, -0.2) is 47.7 Å². The van der Waals surface area contributed by atoms with Gasteiger partial charge >= 0.3 is 12.1 Å². The van der Waals surface area contributed by atoms with Gasteiger partial charge in [0.25, 0.3) is 5.91 Å². The summed E-state index contributed by atoms with van der Waals surface area (Å²) in [6.07, 6.45) is -4.31. The van der Waals surface area contributed by atoms with Crippen LogP contribution in [0.25, 0.3) is 0 Å². The van der Waals surface area contributed by atoms with Gasteiger partial charge in [0.2, 0.25) is 5.95 Å². The second kappa shape index (κ2) is 11.5. The number of carboxylic acids is 1. The van der Waals surface area contributed by atoms with Crippen LogP contribution in [0.1, 0.15) is 69.8 Å². The molecule has 0 unspecified atom stereocenters. The van der Waals surface area contributed by atoms with Gasteiger partial charge in [-0.3, -0.25) is 4.79 Å². The smallest absolute Gasteiger partial charge is 0.434 e. The Morgan fingerprint density at radius 3 is 2.41 bits per heavy atom. The molecule has 9 nitrogen and oxygen atoms in total. The van der Waals surface area contributed by atoms with Crippen LogP contribution in [0.5, 0.6) is 0 Å². The quantitative estimate of drug-likeness (QED) is 0.387. The largest absolute Gasteiger partial charge is 0.478 e. The average Bonchev–Trinajstić information content (AvgIpc) is 2.94. The summed E-state index contributed by atoms with van der Waals surface area (Å²) in [7, 11) is -3.33. The number of hydrogen-bond acceptors (Lipinski definition) is 7. The molecule has 0 aliphatic carbocycles. The second-order valence-corrected chi connectivity index (χ2v) is 12.4. The minimum atomic E-state index is -4.98. The SMILES string of the molecule is CCS(=O)(=O)c1ccc(CNC(=O)c2ccc3c(c2)CN(c2ncc(C(=O)O)c(C(F)(F)F)n2)C[C@H]3C(C)C)cc1. The molecule has 2 aromatic carbocycles. The van der Waals surface area contributed by atoms with Gasteiger partial charge in [-0.2, -0.15) is 13.2 Å². The number of aromatic nitrogens is 2. The molecule has 0 fully saturated rings. The van der Waals surface area contributed by atoms with Gasteiger partial charge in [-0.15, -0.1) is 0 Å². The molecule has 13 heteroatoms. The fourth-order valence-electron chi connectivity index (χ4n) is 4.74. The molecular weight excluding hydrogens is 561 g/mol. The first-order valence-corrected chi connectivity index (χ1v) is 14.5. The van der Waals surface area contributed by atoms with Gasteiger partial charge < -0.3 is 15.3 Å². The Kier molecular flexibility index (Phi) is 8.39. The van der Waals surface area contributed by atoms with E-state index in [1.165, 1.54) is 12.1 Å². The summed E-state index contributed by atoms with van der Waals surface area (Å²) in [5.41, 5.74) is 0.182. The van der Waals surface area contributed by atoms with Crippen molar-refractivity contribution in [2.24, 2.45) is 5.92 Å². The maximum Gasteiger partial charge on any atom is 0.434 e. The minimum Gasteiger partial charge on any atom is -0.478 e. The lowest BCUT2D eigenvalue weighted by molar-refractivity contribution is -0.141. The molecule has 1 aliphatic heterocycles. The van der Waals surface area contributed by atoms with Crippen molar-refractivity contribution in [1.82, 2.24) is 15.3 Å². The lowest BCUT2D eigenvalue weighted by atomic mass is 9.82. The van der Waals surface area contributed by atoms with E-state index in [9.17, 15) is 36.3 Å². The van der Waals surface area contributed by atoms with Crippen molar-refractivity contribution in [2.45, 2.75) is 50.9 Å². The van der Waals surface area contributed by atoms with Gasteiger partial charge in [0, 0.05) is 37.3 Å². The zero-order chi connectivity index (χ0) is 30.1. The second-order valence-electron chi connectivity index (χ2n) is 10.1. The van der Waals surface area contributed by atoms with Crippen molar-refractivity contribution >= 4 is 27.7 Å². The first-order chi connectivity index (χ1) is 19.2. The van der Waals surface area contributed by atoms with Crippen LogP contribution in [0.15, 0.2) is 53.6 Å². The van der Waals surface area contributed by atoms with Crippen LogP contribution in [-0.2, 0) is 29.1 Å². The summed E-state index contributed by atoms with van der Waals surface area (Å²) in [4.78, 5) is 33.6. The highest BCUT2D eigenvalue weighted by molar-refractivity contribution is 7.91. The van der Waals surface area contributed by atoms with Crippen molar-refractivity contribution in [1.29, 1.82) is 0 Å². The number of amides is 1. The molecule has 1 amide bonds. The highest BCUT2D eigenvalue weighted by Crippen LogP contribution is 2.37. The average molecular weight is 591 g/mol. The Balaban J connectivity index is 1.57. The molecule has 1 aromatic heterocycles. The predicted molar refractivity (Wildman–Crippen MR) is 144 cm³/mol. The van der Waals surface area contributed by atoms with E-state index in [1.807, 2.05) is 19.9 Å². The fraction of sp³-hybridized carbons (Fsp3) is 0.357. The molecule has 41 heavy (non-hydrogen) atoms. The highest BCUT2D eigenvalue weighted by Gasteiger charge is 2.39. The number of benzene rings is 2. The maximum absolute atomic E-state index is 13.6. The first kappa shape index (κ1) is 30.0. The number of carbonyl (C=O) groups is 2. The Bertz CT molecular complexity index is 1570. The summed E-state index contributed by atoms with van der Waals surface area (Å²) < 4.78 is 64.8. The molecule has 0 saturated heterocycles. The minimum absolute atomic E-state index is 0.0141. The number of nitrogens with zero attached hydrogens (tertiary/aromatic N) is 3. The summed E-state index contributed by atoms with van der Waals surface area (Å²) >= 11 is 0. The Hall–Kier alpha value is -4.00. The van der Waals surface area contributed by atoms with Crippen molar-refractivity contribution in [3.63, 3.8) is 0 Å². The third-order valence-electron chi connectivity index (χ3n) is 7.06. The number of carbonyl (C=O) groups excluding carboxylic acids is 1. The number of nitrogens with one attached hydrogen (secondary N) is 1. The summed E-state index contributed by atoms with van der Waals surface area (Å²) in [5, 5.41) is 12.0. The molecule has 1 aliphatic rings. The highest BCUT2D eigenvalue weighted by atomic mass is 32.2. The van der Waals surface area contributed by atoms with E-state index in [4.69, 9.17) is 0 Å². The van der Waals surface area contributed by atoms with Crippen molar-refractivity contribution < 1.29 is 36.3 Å². The maximum atomic E-state index is 13.6. The van der Waals surface area contributed by atoms with Crippen molar-refractivity contribution in [2.75, 3.05) is 17.2 Å². The lowest BCUT2D eigenvalue weighted by Gasteiger charge is -2.37. The van der Waals surface area contributed by atoms with Gasteiger partial charge in [0.15, 0.2) is 15.5 Å². The lowest BCUT2D eigenvalue weighted by Crippen LogP contribution is -2.37. The zero-order valence-electron chi connectivity index (χ0n) is 22.6. The molecule has 4 rings (SSSR count). The van der Waals surface area contributed by atoms with Gasteiger partial charge in [-0.25, -0.2) is 23.2 Å². The van der Waals surface area contributed by atoms with E-state index < -0.39 is 33.2 Å². The van der Waals surface area contributed by atoms with Gasteiger partial charge in [-0.1, -0.05) is 39.0 Å². The summed E-state index contributed by atoms with van der Waals surface area (Å²) in [5.74, 6) is -2.42.